The van der Waals surface area contributed by atoms with Crippen molar-refractivity contribution < 1.29 is 18.0 Å². The van der Waals surface area contributed by atoms with Crippen LogP contribution in [0.3, 0.4) is 0 Å². The molecule has 29 heavy (non-hydrogen) atoms. The lowest BCUT2D eigenvalue weighted by atomic mass is 10.3. The Morgan fingerprint density at radius 2 is 1.93 bits per heavy atom. The van der Waals surface area contributed by atoms with Gasteiger partial charge in [0.15, 0.2) is 6.61 Å². The maximum Gasteiger partial charge on any atom is 0.265 e. The van der Waals surface area contributed by atoms with E-state index in [0.717, 1.165) is 17.7 Å². The van der Waals surface area contributed by atoms with Crippen LogP contribution in [0.4, 0.5) is 5.69 Å². The highest BCUT2D eigenvalue weighted by molar-refractivity contribution is 7.89. The van der Waals surface area contributed by atoms with Crippen LogP contribution in [0.25, 0.3) is 11.0 Å². The van der Waals surface area contributed by atoms with Gasteiger partial charge < -0.3 is 10.2 Å². The summed E-state index contributed by atoms with van der Waals surface area (Å²) in [4.78, 5) is 18.9. The van der Waals surface area contributed by atoms with Gasteiger partial charge in [-0.1, -0.05) is 28.6 Å². The fourth-order valence-corrected chi connectivity index (χ4v) is 4.80. The lowest BCUT2D eigenvalue weighted by Gasteiger charge is -2.16. The Balaban J connectivity index is 1.46. The topological polar surface area (TPSA) is 106 Å². The van der Waals surface area contributed by atoms with Gasteiger partial charge in [-0.05, 0) is 48.4 Å². The van der Waals surface area contributed by atoms with E-state index >= 15 is 0 Å². The minimum absolute atomic E-state index is 0.0855. The van der Waals surface area contributed by atoms with Crippen LogP contribution in [0.15, 0.2) is 47.4 Å². The molecule has 0 radical (unpaired) electrons. The molecule has 0 unspecified atom stereocenters. The van der Waals surface area contributed by atoms with Crippen LogP contribution in [-0.4, -0.2) is 53.5 Å². The lowest BCUT2D eigenvalue weighted by Crippen LogP contribution is -2.28. The number of nitrogens with one attached hydrogen (secondary N) is 1. The second kappa shape index (κ2) is 7.97. The number of sulfonamides is 1. The molecule has 4 rings (SSSR count). The molecule has 2 aromatic carbocycles. The third-order valence-corrected chi connectivity index (χ3v) is 6.78. The molecule has 1 fully saturated rings. The van der Waals surface area contributed by atoms with E-state index in [-0.39, 0.29) is 22.2 Å². The Morgan fingerprint density at radius 3 is 2.72 bits per heavy atom. The zero-order chi connectivity index (χ0) is 20.4. The number of amides is 1. The van der Waals surface area contributed by atoms with E-state index < -0.39 is 15.9 Å². The molecule has 1 saturated heterocycles. The average molecular weight is 436 g/mol. The number of aromatic nitrogens is 3. The SMILES string of the molecule is O=C(COn1nnc2ccccc21)Nc1cc(S(=O)(=O)N2CCCC2)ccc1Cl. The Labute approximate surface area is 172 Å². The van der Waals surface area contributed by atoms with Crippen LogP contribution in [0.5, 0.6) is 0 Å². The van der Waals surface area contributed by atoms with Crippen molar-refractivity contribution in [2.45, 2.75) is 17.7 Å². The predicted molar refractivity (Wildman–Crippen MR) is 107 cm³/mol. The van der Waals surface area contributed by atoms with Crippen LogP contribution in [0.2, 0.25) is 5.02 Å². The summed E-state index contributed by atoms with van der Waals surface area (Å²) in [6.45, 7) is 0.630. The number of hydrogen-bond acceptors (Lipinski definition) is 6. The van der Waals surface area contributed by atoms with Crippen molar-refractivity contribution in [3.05, 3.63) is 47.5 Å². The second-order valence-electron chi connectivity index (χ2n) is 6.53. The molecule has 1 amide bonds. The molecule has 1 aliphatic rings. The maximum absolute atomic E-state index is 12.7. The molecule has 0 aliphatic carbocycles. The highest BCUT2D eigenvalue weighted by Crippen LogP contribution is 2.28. The molecule has 2 heterocycles. The first-order valence-corrected chi connectivity index (χ1v) is 10.8. The molecule has 0 bridgehead atoms. The van der Waals surface area contributed by atoms with E-state index in [1.165, 1.54) is 22.5 Å². The van der Waals surface area contributed by atoms with E-state index in [1.54, 1.807) is 18.2 Å². The first-order valence-electron chi connectivity index (χ1n) is 8.98. The quantitative estimate of drug-likeness (QED) is 0.634. The number of fused-ring (bicyclic) bond motifs is 1. The van der Waals surface area contributed by atoms with E-state index in [0.29, 0.717) is 24.1 Å². The minimum atomic E-state index is -3.62. The number of carbonyl (C=O) groups is 1. The van der Waals surface area contributed by atoms with Crippen molar-refractivity contribution in [1.82, 2.24) is 19.5 Å². The van der Waals surface area contributed by atoms with Crippen LogP contribution < -0.4 is 10.2 Å². The lowest BCUT2D eigenvalue weighted by molar-refractivity contribution is -0.121. The summed E-state index contributed by atoms with van der Waals surface area (Å²) >= 11 is 6.14. The van der Waals surface area contributed by atoms with Crippen LogP contribution >= 0.6 is 11.6 Å². The molecule has 3 aromatic rings. The van der Waals surface area contributed by atoms with Gasteiger partial charge in [-0.15, -0.1) is 5.10 Å². The Morgan fingerprint density at radius 1 is 1.17 bits per heavy atom. The first kappa shape index (κ1) is 19.6. The monoisotopic (exact) mass is 435 g/mol. The molecule has 1 N–H and O–H groups in total. The summed E-state index contributed by atoms with van der Waals surface area (Å²) < 4.78 is 26.9. The summed E-state index contributed by atoms with van der Waals surface area (Å²) in [6, 6.07) is 11.4. The first-order chi connectivity index (χ1) is 13.9. The molecule has 152 valence electrons. The van der Waals surface area contributed by atoms with Gasteiger partial charge in [-0.2, -0.15) is 4.31 Å². The Bertz CT molecular complexity index is 1160. The van der Waals surface area contributed by atoms with E-state index in [2.05, 4.69) is 15.6 Å². The summed E-state index contributed by atoms with van der Waals surface area (Å²) in [5.74, 6) is -0.512. The van der Waals surface area contributed by atoms with Crippen molar-refractivity contribution in [3.8, 4) is 0 Å². The molecule has 11 heteroatoms. The Hall–Kier alpha value is -2.69. The van der Waals surface area contributed by atoms with Gasteiger partial charge in [-0.3, -0.25) is 4.79 Å². The molecular weight excluding hydrogens is 418 g/mol. The highest BCUT2D eigenvalue weighted by Gasteiger charge is 2.27. The maximum atomic E-state index is 12.7. The van der Waals surface area contributed by atoms with Crippen LogP contribution in [-0.2, 0) is 14.8 Å². The van der Waals surface area contributed by atoms with Crippen molar-refractivity contribution in [2.75, 3.05) is 25.0 Å². The number of carbonyl (C=O) groups excluding carboxylic acids is 1. The summed E-state index contributed by atoms with van der Waals surface area (Å²) in [7, 11) is -3.62. The molecule has 9 nitrogen and oxygen atoms in total. The van der Waals surface area contributed by atoms with E-state index in [1.807, 2.05) is 6.07 Å². The molecule has 0 saturated carbocycles. The average Bonchev–Trinajstić information content (AvgIpc) is 3.38. The zero-order valence-corrected chi connectivity index (χ0v) is 16.9. The number of nitrogens with zero attached hydrogens (tertiary/aromatic N) is 4. The smallest absolute Gasteiger partial charge is 0.265 e. The number of halogens is 1. The van der Waals surface area contributed by atoms with Crippen molar-refractivity contribution in [1.29, 1.82) is 0 Å². The van der Waals surface area contributed by atoms with Gasteiger partial charge in [0.1, 0.15) is 11.0 Å². The van der Waals surface area contributed by atoms with Crippen molar-refractivity contribution >= 4 is 44.3 Å². The van der Waals surface area contributed by atoms with E-state index in [4.69, 9.17) is 16.4 Å². The Kier molecular flexibility index (Phi) is 5.39. The van der Waals surface area contributed by atoms with Crippen molar-refractivity contribution in [2.24, 2.45) is 0 Å². The third-order valence-electron chi connectivity index (χ3n) is 4.55. The largest absolute Gasteiger partial charge is 0.385 e. The number of benzene rings is 2. The van der Waals surface area contributed by atoms with Crippen LogP contribution in [0.1, 0.15) is 12.8 Å². The summed E-state index contributed by atoms with van der Waals surface area (Å²) in [5.41, 5.74) is 1.46. The minimum Gasteiger partial charge on any atom is -0.385 e. The number of rotatable bonds is 6. The zero-order valence-electron chi connectivity index (χ0n) is 15.3. The van der Waals surface area contributed by atoms with Gasteiger partial charge in [-0.25, -0.2) is 8.42 Å². The van der Waals surface area contributed by atoms with Gasteiger partial charge in [0.25, 0.3) is 5.91 Å². The number of hydrogen-bond donors (Lipinski definition) is 1. The molecule has 1 aromatic heterocycles. The van der Waals surface area contributed by atoms with Crippen molar-refractivity contribution in [3.63, 3.8) is 0 Å². The van der Waals surface area contributed by atoms with Gasteiger partial charge in [0.05, 0.1) is 15.6 Å². The molecular formula is C18H18ClN5O4S. The van der Waals surface area contributed by atoms with E-state index in [9.17, 15) is 13.2 Å². The molecule has 0 atom stereocenters. The second-order valence-corrected chi connectivity index (χ2v) is 8.87. The fourth-order valence-electron chi connectivity index (χ4n) is 3.09. The number of anilines is 1. The fraction of sp³-hybridized carbons (Fsp3) is 0.278. The van der Waals surface area contributed by atoms with Gasteiger partial charge >= 0.3 is 0 Å². The van der Waals surface area contributed by atoms with Crippen LogP contribution in [0, 0.1) is 0 Å². The number of para-hydroxylation sites is 1. The molecule has 1 aliphatic heterocycles. The summed E-state index contributed by atoms with van der Waals surface area (Å²) in [5, 5.41) is 10.6. The predicted octanol–water partition coefficient (Wildman–Crippen LogP) is 1.94. The summed E-state index contributed by atoms with van der Waals surface area (Å²) in [6.07, 6.45) is 1.68. The highest BCUT2D eigenvalue weighted by atomic mass is 35.5. The standard InChI is InChI=1S/C18H18ClN5O4S/c19-14-8-7-13(29(26,27)23-9-3-4-10-23)11-16(14)20-18(25)12-28-24-17-6-2-1-5-15(17)21-22-24/h1-2,5-8,11H,3-4,9-10,12H2,(H,20,25). The third kappa shape index (κ3) is 4.04. The van der Waals surface area contributed by atoms with Gasteiger partial charge in [0, 0.05) is 13.1 Å². The normalized spacial score (nSPS) is 14.9. The van der Waals surface area contributed by atoms with Gasteiger partial charge in [0.2, 0.25) is 10.0 Å². The molecule has 0 spiro atoms.